The Morgan fingerprint density at radius 1 is 1.19 bits per heavy atom. The van der Waals surface area contributed by atoms with Crippen molar-refractivity contribution in [2.45, 2.75) is 81.0 Å². The maximum Gasteiger partial charge on any atom is 0.235 e. The number of nitrogens with zero attached hydrogens (tertiary/aromatic N) is 4. The number of rotatable bonds is 8. The Kier molecular flexibility index (Phi) is 7.73. The Labute approximate surface area is 194 Å². The molecule has 2 unspecified atom stereocenters. The zero-order chi connectivity index (χ0) is 22.5. The number of ether oxygens (including phenoxy) is 2. The molecule has 1 saturated heterocycles. The zero-order valence-corrected chi connectivity index (χ0v) is 20.1. The molecular formula is C24H34N4O3S. The van der Waals surface area contributed by atoms with E-state index in [9.17, 15) is 4.79 Å². The maximum atomic E-state index is 13.2. The van der Waals surface area contributed by atoms with Crippen LogP contribution in [0.1, 0.15) is 51.9 Å². The molecule has 4 rings (SSSR count). The van der Waals surface area contributed by atoms with Crippen LogP contribution in [0.2, 0.25) is 0 Å². The minimum atomic E-state index is -0.224. The van der Waals surface area contributed by atoms with Crippen molar-refractivity contribution in [3.8, 4) is 17.1 Å². The Bertz CT molecular complexity index is 889. The van der Waals surface area contributed by atoms with E-state index < -0.39 is 0 Å². The van der Waals surface area contributed by atoms with Crippen molar-refractivity contribution < 1.29 is 14.3 Å². The Morgan fingerprint density at radius 2 is 1.94 bits per heavy atom. The third kappa shape index (κ3) is 5.29. The van der Waals surface area contributed by atoms with Gasteiger partial charge < -0.3 is 14.4 Å². The number of amides is 1. The summed E-state index contributed by atoms with van der Waals surface area (Å²) >= 11 is 1.50. The fourth-order valence-corrected chi connectivity index (χ4v) is 5.59. The van der Waals surface area contributed by atoms with Gasteiger partial charge in [-0.15, -0.1) is 10.2 Å². The molecule has 0 bridgehead atoms. The average Bonchev–Trinajstić information content (AvgIpc) is 3.49. The lowest BCUT2D eigenvalue weighted by Crippen LogP contribution is -2.42. The van der Waals surface area contributed by atoms with E-state index in [1.165, 1.54) is 31.0 Å². The summed E-state index contributed by atoms with van der Waals surface area (Å²) in [6.07, 6.45) is 8.18. The van der Waals surface area contributed by atoms with Gasteiger partial charge in [-0.05, 0) is 56.9 Å². The Morgan fingerprint density at radius 3 is 2.59 bits per heavy atom. The standard InChI is InChI=1S/C24H34N4O3S/c1-17(23(29)27(2)19-8-5-4-6-9-19)32-24-26-25-22(18-11-13-20(30-3)14-12-18)28(24)16-21-10-7-15-31-21/h11-14,17,19,21H,4-10,15-16H2,1-3H3. The Balaban J connectivity index is 1.53. The molecular weight excluding hydrogens is 424 g/mol. The average molecular weight is 459 g/mol. The normalized spacial score (nSPS) is 20.3. The Hall–Kier alpha value is -2.06. The number of hydrogen-bond donors (Lipinski definition) is 0. The third-order valence-electron chi connectivity index (χ3n) is 6.58. The van der Waals surface area contributed by atoms with E-state index in [4.69, 9.17) is 9.47 Å². The van der Waals surface area contributed by atoms with Crippen LogP contribution < -0.4 is 4.74 Å². The van der Waals surface area contributed by atoms with E-state index in [1.807, 2.05) is 43.1 Å². The first-order valence-electron chi connectivity index (χ1n) is 11.7. The minimum absolute atomic E-state index is 0.151. The van der Waals surface area contributed by atoms with Crippen LogP contribution in [0.15, 0.2) is 29.4 Å². The van der Waals surface area contributed by atoms with Gasteiger partial charge in [-0.1, -0.05) is 31.0 Å². The summed E-state index contributed by atoms with van der Waals surface area (Å²) in [5, 5.41) is 9.54. The summed E-state index contributed by atoms with van der Waals surface area (Å²) in [5.74, 6) is 1.77. The second kappa shape index (κ2) is 10.7. The smallest absolute Gasteiger partial charge is 0.235 e. The van der Waals surface area contributed by atoms with E-state index in [2.05, 4.69) is 14.8 Å². The van der Waals surface area contributed by atoms with E-state index in [0.717, 1.165) is 54.6 Å². The van der Waals surface area contributed by atoms with Crippen LogP contribution in [0, 0.1) is 0 Å². The highest BCUT2D eigenvalue weighted by atomic mass is 32.2. The van der Waals surface area contributed by atoms with Crippen LogP contribution in [-0.2, 0) is 16.1 Å². The van der Waals surface area contributed by atoms with Gasteiger partial charge >= 0.3 is 0 Å². The molecule has 7 nitrogen and oxygen atoms in total. The first kappa shape index (κ1) is 23.1. The van der Waals surface area contributed by atoms with Gasteiger partial charge in [-0.25, -0.2) is 0 Å². The van der Waals surface area contributed by atoms with Crippen LogP contribution >= 0.6 is 11.8 Å². The number of methoxy groups -OCH3 is 1. The van der Waals surface area contributed by atoms with Crippen molar-refractivity contribution in [3.63, 3.8) is 0 Å². The molecule has 1 aromatic carbocycles. The molecule has 0 radical (unpaired) electrons. The first-order chi connectivity index (χ1) is 15.6. The molecule has 32 heavy (non-hydrogen) atoms. The van der Waals surface area contributed by atoms with Crippen molar-refractivity contribution in [1.29, 1.82) is 0 Å². The van der Waals surface area contributed by atoms with Crippen LogP contribution in [0.25, 0.3) is 11.4 Å². The molecule has 1 aliphatic carbocycles. The minimum Gasteiger partial charge on any atom is -0.497 e. The van der Waals surface area contributed by atoms with Crippen molar-refractivity contribution >= 4 is 17.7 Å². The van der Waals surface area contributed by atoms with Crippen molar-refractivity contribution in [2.24, 2.45) is 0 Å². The molecule has 2 heterocycles. The van der Waals surface area contributed by atoms with Gasteiger partial charge in [0.05, 0.1) is 25.0 Å². The first-order valence-corrected chi connectivity index (χ1v) is 12.6. The van der Waals surface area contributed by atoms with Crippen LogP contribution in [-0.4, -0.2) is 63.7 Å². The topological polar surface area (TPSA) is 69.5 Å². The lowest BCUT2D eigenvalue weighted by Gasteiger charge is -2.32. The molecule has 174 valence electrons. The van der Waals surface area contributed by atoms with Crippen LogP contribution in [0.5, 0.6) is 5.75 Å². The van der Waals surface area contributed by atoms with Crippen molar-refractivity contribution in [2.75, 3.05) is 20.8 Å². The van der Waals surface area contributed by atoms with Crippen molar-refractivity contribution in [1.82, 2.24) is 19.7 Å². The van der Waals surface area contributed by atoms with Gasteiger partial charge in [-0.2, -0.15) is 0 Å². The third-order valence-corrected chi connectivity index (χ3v) is 7.64. The van der Waals surface area contributed by atoms with E-state index >= 15 is 0 Å². The molecule has 1 aromatic heterocycles. The lowest BCUT2D eigenvalue weighted by atomic mass is 9.94. The number of carbonyl (C=O) groups excluding carboxylic acids is 1. The van der Waals surface area contributed by atoms with Gasteiger partial charge in [0.2, 0.25) is 5.91 Å². The number of hydrogen-bond acceptors (Lipinski definition) is 6. The largest absolute Gasteiger partial charge is 0.497 e. The molecule has 8 heteroatoms. The van der Waals surface area contributed by atoms with Gasteiger partial charge in [0.15, 0.2) is 11.0 Å². The lowest BCUT2D eigenvalue weighted by molar-refractivity contribution is -0.131. The molecule has 2 aliphatic rings. The van der Waals surface area contributed by atoms with Gasteiger partial charge in [-0.3, -0.25) is 9.36 Å². The highest BCUT2D eigenvalue weighted by molar-refractivity contribution is 8.00. The second-order valence-corrected chi connectivity index (χ2v) is 10.1. The summed E-state index contributed by atoms with van der Waals surface area (Å²) < 4.78 is 13.3. The van der Waals surface area contributed by atoms with Gasteiger partial charge in [0.1, 0.15) is 5.75 Å². The monoisotopic (exact) mass is 458 g/mol. The maximum absolute atomic E-state index is 13.2. The van der Waals surface area contributed by atoms with Crippen molar-refractivity contribution in [3.05, 3.63) is 24.3 Å². The predicted octanol–water partition coefficient (Wildman–Crippen LogP) is 4.40. The molecule has 2 aromatic rings. The van der Waals surface area contributed by atoms with Gasteiger partial charge in [0.25, 0.3) is 0 Å². The number of aromatic nitrogens is 3. The van der Waals surface area contributed by atoms with Crippen LogP contribution in [0.3, 0.4) is 0 Å². The fourth-order valence-electron chi connectivity index (χ4n) is 4.63. The SMILES string of the molecule is COc1ccc(-c2nnc(SC(C)C(=O)N(C)C3CCCCC3)n2CC2CCCO2)cc1. The molecule has 0 spiro atoms. The van der Waals surface area contributed by atoms with Crippen LogP contribution in [0.4, 0.5) is 0 Å². The van der Waals surface area contributed by atoms with Gasteiger partial charge in [0, 0.05) is 25.3 Å². The molecule has 1 amide bonds. The predicted molar refractivity (Wildman–Crippen MR) is 126 cm³/mol. The van der Waals surface area contributed by atoms with E-state index in [0.29, 0.717) is 12.6 Å². The number of benzene rings is 1. The molecule has 2 fully saturated rings. The van der Waals surface area contributed by atoms with E-state index in [-0.39, 0.29) is 17.3 Å². The summed E-state index contributed by atoms with van der Waals surface area (Å²) in [7, 11) is 3.61. The summed E-state index contributed by atoms with van der Waals surface area (Å²) in [4.78, 5) is 15.1. The summed E-state index contributed by atoms with van der Waals surface area (Å²) in [5.41, 5.74) is 0.974. The molecule has 1 aliphatic heterocycles. The molecule has 1 saturated carbocycles. The molecule has 2 atom stereocenters. The quantitative estimate of drug-likeness (QED) is 0.546. The number of carbonyl (C=O) groups is 1. The molecule has 0 N–H and O–H groups in total. The fraction of sp³-hybridized carbons (Fsp3) is 0.625. The second-order valence-electron chi connectivity index (χ2n) is 8.78. The number of thioether (sulfide) groups is 1. The highest BCUT2D eigenvalue weighted by Gasteiger charge is 2.29. The summed E-state index contributed by atoms with van der Waals surface area (Å²) in [6.45, 7) is 3.47. The zero-order valence-electron chi connectivity index (χ0n) is 19.3. The van der Waals surface area contributed by atoms with E-state index in [1.54, 1.807) is 7.11 Å². The summed E-state index contributed by atoms with van der Waals surface area (Å²) in [6, 6.07) is 8.21. The highest BCUT2D eigenvalue weighted by Crippen LogP contribution is 2.31.